The fraction of sp³-hybridized carbons (Fsp3) is 0.632. The van der Waals surface area contributed by atoms with Crippen LogP contribution in [0.5, 0.6) is 11.5 Å². The van der Waals surface area contributed by atoms with Crippen LogP contribution >= 0.6 is 12.2 Å². The summed E-state index contributed by atoms with van der Waals surface area (Å²) >= 11 is 5.60. The van der Waals surface area contributed by atoms with Crippen LogP contribution in [0.1, 0.15) is 56.6 Å². The lowest BCUT2D eigenvalue weighted by atomic mass is 9.96. The first-order valence-corrected chi connectivity index (χ1v) is 9.67. The molecule has 0 bridgehead atoms. The summed E-state index contributed by atoms with van der Waals surface area (Å²) in [6, 6.07) is 7.10. The van der Waals surface area contributed by atoms with Crippen LogP contribution in [0.15, 0.2) is 18.2 Å². The number of hydrogen-bond donors (Lipinski definition) is 2. The summed E-state index contributed by atoms with van der Waals surface area (Å²) in [4.78, 5) is 0. The highest BCUT2D eigenvalue weighted by Gasteiger charge is 2.33. The molecule has 1 aromatic carbocycles. The minimum atomic E-state index is 0.268. The zero-order valence-corrected chi connectivity index (χ0v) is 14.9. The van der Waals surface area contributed by atoms with E-state index < -0.39 is 0 Å². The molecule has 130 valence electrons. The number of benzene rings is 1. The van der Waals surface area contributed by atoms with E-state index in [2.05, 4.69) is 22.8 Å². The molecule has 1 heterocycles. The van der Waals surface area contributed by atoms with Gasteiger partial charge in [-0.25, -0.2) is 0 Å². The first kappa shape index (κ1) is 16.0. The van der Waals surface area contributed by atoms with E-state index in [1.165, 1.54) is 50.5 Å². The van der Waals surface area contributed by atoms with Crippen molar-refractivity contribution in [2.24, 2.45) is 5.92 Å². The van der Waals surface area contributed by atoms with Gasteiger partial charge in [-0.3, -0.25) is 0 Å². The lowest BCUT2D eigenvalue weighted by Crippen LogP contribution is -2.44. The van der Waals surface area contributed by atoms with Gasteiger partial charge >= 0.3 is 0 Å². The molecule has 0 aromatic heterocycles. The van der Waals surface area contributed by atoms with Crippen LogP contribution < -0.4 is 20.1 Å². The van der Waals surface area contributed by atoms with Crippen molar-refractivity contribution in [3.05, 3.63) is 23.8 Å². The minimum absolute atomic E-state index is 0.268. The second-order valence-corrected chi connectivity index (χ2v) is 7.58. The Kier molecular flexibility index (Phi) is 4.79. The summed E-state index contributed by atoms with van der Waals surface area (Å²) in [6.45, 7) is 1.26. The first-order chi connectivity index (χ1) is 11.8. The molecule has 2 fully saturated rings. The molecule has 0 unspecified atom stereocenters. The number of thiocarbonyl (C=S) groups is 1. The summed E-state index contributed by atoms with van der Waals surface area (Å²) < 4.78 is 11.4. The van der Waals surface area contributed by atoms with Crippen molar-refractivity contribution < 1.29 is 9.47 Å². The number of rotatable bonds is 4. The zero-order valence-electron chi connectivity index (χ0n) is 14.1. The van der Waals surface area contributed by atoms with E-state index in [9.17, 15) is 0 Å². The molecule has 0 amide bonds. The molecular weight excluding hydrogens is 320 g/mol. The van der Waals surface area contributed by atoms with E-state index in [1.54, 1.807) is 0 Å². The monoisotopic (exact) mass is 346 g/mol. The summed E-state index contributed by atoms with van der Waals surface area (Å²) in [6.07, 6.45) is 8.99. The smallest absolute Gasteiger partial charge is 0.167 e. The number of fused-ring (bicyclic) bond motifs is 1. The summed E-state index contributed by atoms with van der Waals surface area (Å²) in [5.41, 5.74) is 1.24. The van der Waals surface area contributed by atoms with Gasteiger partial charge < -0.3 is 20.1 Å². The van der Waals surface area contributed by atoms with Crippen molar-refractivity contribution in [2.45, 2.75) is 57.0 Å². The van der Waals surface area contributed by atoms with Gasteiger partial charge in [0.1, 0.15) is 13.2 Å². The fourth-order valence-corrected chi connectivity index (χ4v) is 4.07. The second-order valence-electron chi connectivity index (χ2n) is 7.17. The fourth-order valence-electron chi connectivity index (χ4n) is 3.77. The Balaban J connectivity index is 1.43. The molecule has 1 aromatic rings. The third kappa shape index (κ3) is 3.77. The van der Waals surface area contributed by atoms with Crippen LogP contribution in [0.25, 0.3) is 0 Å². The van der Waals surface area contributed by atoms with Crippen LogP contribution in [0.3, 0.4) is 0 Å². The maximum Gasteiger partial charge on any atom is 0.167 e. The van der Waals surface area contributed by atoms with Gasteiger partial charge in [0.25, 0.3) is 0 Å². The first-order valence-electron chi connectivity index (χ1n) is 9.26. The molecule has 1 atom stereocenters. The van der Waals surface area contributed by atoms with Crippen molar-refractivity contribution >= 4 is 17.3 Å². The van der Waals surface area contributed by atoms with Crippen LogP contribution in [0, 0.1) is 5.92 Å². The van der Waals surface area contributed by atoms with Crippen molar-refractivity contribution in [1.82, 2.24) is 10.6 Å². The minimum Gasteiger partial charge on any atom is -0.486 e. The molecule has 0 spiro atoms. The number of nitrogens with one attached hydrogen (secondary N) is 2. The summed E-state index contributed by atoms with van der Waals surface area (Å²) in [5.74, 6) is 2.37. The van der Waals surface area contributed by atoms with Gasteiger partial charge in [-0.15, -0.1) is 0 Å². The van der Waals surface area contributed by atoms with E-state index in [0.29, 0.717) is 25.2 Å². The van der Waals surface area contributed by atoms with Gasteiger partial charge in [-0.1, -0.05) is 25.3 Å². The predicted octanol–water partition coefficient (Wildman–Crippen LogP) is 3.71. The topological polar surface area (TPSA) is 42.5 Å². The van der Waals surface area contributed by atoms with Crippen molar-refractivity contribution in [1.29, 1.82) is 0 Å². The Hall–Kier alpha value is -1.49. The Morgan fingerprint density at radius 1 is 1.00 bits per heavy atom. The Morgan fingerprint density at radius 3 is 2.50 bits per heavy atom. The van der Waals surface area contributed by atoms with Crippen LogP contribution in [-0.2, 0) is 0 Å². The highest BCUT2D eigenvalue weighted by Crippen LogP contribution is 2.43. The lowest BCUT2D eigenvalue weighted by molar-refractivity contribution is 0.171. The van der Waals surface area contributed by atoms with Gasteiger partial charge in [0.15, 0.2) is 16.6 Å². The molecule has 2 saturated carbocycles. The molecular formula is C19H26N2O2S. The van der Waals surface area contributed by atoms with E-state index in [1.807, 2.05) is 6.07 Å². The molecule has 0 saturated heterocycles. The standard InChI is InChI=1S/C19H26N2O2S/c24-19(20-15-4-2-1-3-5-15)21-18(13-6-7-13)14-8-9-16-17(12-14)23-11-10-22-16/h8-9,12-13,15,18H,1-7,10-11H2,(H2,20,21,24)/t18-/m1/s1. The average Bonchev–Trinajstić information content (AvgIpc) is 3.45. The molecule has 24 heavy (non-hydrogen) atoms. The summed E-state index contributed by atoms with van der Waals surface area (Å²) in [5, 5.41) is 7.90. The third-order valence-electron chi connectivity index (χ3n) is 5.25. The average molecular weight is 346 g/mol. The van der Waals surface area contributed by atoms with Crippen molar-refractivity contribution in [2.75, 3.05) is 13.2 Å². The maximum atomic E-state index is 5.74. The highest BCUT2D eigenvalue weighted by atomic mass is 32.1. The molecule has 2 N–H and O–H groups in total. The van der Waals surface area contributed by atoms with Gasteiger partial charge in [-0.05, 0) is 61.5 Å². The molecule has 0 radical (unpaired) electrons. The second kappa shape index (κ2) is 7.18. The van der Waals surface area contributed by atoms with Gasteiger partial charge in [0.05, 0.1) is 6.04 Å². The molecule has 4 rings (SSSR count). The van der Waals surface area contributed by atoms with Crippen LogP contribution in [0.2, 0.25) is 0 Å². The zero-order chi connectivity index (χ0) is 16.4. The third-order valence-corrected chi connectivity index (χ3v) is 5.48. The quantitative estimate of drug-likeness (QED) is 0.814. The predicted molar refractivity (Wildman–Crippen MR) is 98.6 cm³/mol. The largest absolute Gasteiger partial charge is 0.486 e. The van der Waals surface area contributed by atoms with Gasteiger partial charge in [0.2, 0.25) is 0 Å². The van der Waals surface area contributed by atoms with E-state index in [0.717, 1.165) is 16.6 Å². The van der Waals surface area contributed by atoms with Gasteiger partial charge in [0, 0.05) is 6.04 Å². The lowest BCUT2D eigenvalue weighted by Gasteiger charge is -2.28. The van der Waals surface area contributed by atoms with Gasteiger partial charge in [-0.2, -0.15) is 0 Å². The molecule has 1 aliphatic heterocycles. The van der Waals surface area contributed by atoms with E-state index in [4.69, 9.17) is 21.7 Å². The Morgan fingerprint density at radius 2 is 1.75 bits per heavy atom. The molecule has 3 aliphatic rings. The normalized spacial score (nSPS) is 21.8. The Bertz CT molecular complexity index is 597. The Labute approximate surface area is 149 Å². The van der Waals surface area contributed by atoms with Crippen LogP contribution in [-0.4, -0.2) is 24.4 Å². The molecule has 5 heteroatoms. The van der Waals surface area contributed by atoms with E-state index in [-0.39, 0.29) is 6.04 Å². The SMILES string of the molecule is S=C(NC1CCCCC1)N[C@@H](c1ccc2c(c1)OCCO2)C1CC1. The maximum absolute atomic E-state index is 5.74. The molecule has 4 nitrogen and oxygen atoms in total. The number of hydrogen-bond acceptors (Lipinski definition) is 3. The van der Waals surface area contributed by atoms with Crippen LogP contribution in [0.4, 0.5) is 0 Å². The highest BCUT2D eigenvalue weighted by molar-refractivity contribution is 7.80. The van der Waals surface area contributed by atoms with Crippen molar-refractivity contribution in [3.63, 3.8) is 0 Å². The van der Waals surface area contributed by atoms with Crippen molar-refractivity contribution in [3.8, 4) is 11.5 Å². The number of ether oxygens (including phenoxy) is 2. The molecule has 2 aliphatic carbocycles. The van der Waals surface area contributed by atoms with E-state index >= 15 is 0 Å². The summed E-state index contributed by atoms with van der Waals surface area (Å²) in [7, 11) is 0.